The van der Waals surface area contributed by atoms with Gasteiger partial charge in [-0.2, -0.15) is 0 Å². The molecule has 0 bridgehead atoms. The van der Waals surface area contributed by atoms with E-state index in [1.54, 1.807) is 0 Å². The first-order valence-corrected chi connectivity index (χ1v) is 8.20. The molecule has 0 saturated carbocycles. The Morgan fingerprint density at radius 1 is 1.53 bits per heavy atom. The summed E-state index contributed by atoms with van der Waals surface area (Å²) in [5, 5.41) is 0.818. The fourth-order valence-electron chi connectivity index (χ4n) is 1.38. The quantitative estimate of drug-likeness (QED) is 0.867. The monoisotopic (exact) mass is 277 g/mol. The van der Waals surface area contributed by atoms with E-state index in [2.05, 4.69) is 4.98 Å². The minimum atomic E-state index is -2.94. The van der Waals surface area contributed by atoms with Gasteiger partial charge in [0.25, 0.3) is 0 Å². The zero-order chi connectivity index (χ0) is 13.2. The van der Waals surface area contributed by atoms with Crippen molar-refractivity contribution in [1.82, 2.24) is 4.98 Å². The van der Waals surface area contributed by atoms with Crippen molar-refractivity contribution in [1.29, 1.82) is 0 Å². The SMILES string of the molecule is Cc1nc(N(C)CCS(C)(=O)=O)sc1C(C)N. The van der Waals surface area contributed by atoms with Crippen LogP contribution < -0.4 is 10.6 Å². The average molecular weight is 277 g/mol. The molecule has 1 aromatic heterocycles. The molecule has 5 nitrogen and oxygen atoms in total. The van der Waals surface area contributed by atoms with Crippen LogP contribution in [-0.2, 0) is 9.84 Å². The van der Waals surface area contributed by atoms with E-state index >= 15 is 0 Å². The van der Waals surface area contributed by atoms with Gasteiger partial charge in [0.15, 0.2) is 5.13 Å². The molecule has 98 valence electrons. The van der Waals surface area contributed by atoms with Crippen molar-refractivity contribution in [3.05, 3.63) is 10.6 Å². The predicted molar refractivity (Wildman–Crippen MR) is 72.4 cm³/mol. The van der Waals surface area contributed by atoms with Crippen molar-refractivity contribution in [2.75, 3.05) is 30.5 Å². The van der Waals surface area contributed by atoms with E-state index in [4.69, 9.17) is 5.73 Å². The molecule has 1 heterocycles. The van der Waals surface area contributed by atoms with E-state index in [1.807, 2.05) is 25.8 Å². The van der Waals surface area contributed by atoms with Gasteiger partial charge in [-0.3, -0.25) is 0 Å². The number of sulfone groups is 1. The molecule has 1 rings (SSSR count). The van der Waals surface area contributed by atoms with Crippen LogP contribution in [0, 0.1) is 6.92 Å². The molecule has 0 aromatic carbocycles. The van der Waals surface area contributed by atoms with E-state index in [0.29, 0.717) is 6.54 Å². The lowest BCUT2D eigenvalue weighted by atomic mass is 10.2. The van der Waals surface area contributed by atoms with Crippen molar-refractivity contribution in [3.8, 4) is 0 Å². The van der Waals surface area contributed by atoms with Crippen LogP contribution in [0.4, 0.5) is 5.13 Å². The van der Waals surface area contributed by atoms with Gasteiger partial charge in [-0.05, 0) is 13.8 Å². The Bertz CT molecular complexity index is 480. The Labute approximate surface area is 107 Å². The minimum absolute atomic E-state index is 0.0374. The van der Waals surface area contributed by atoms with E-state index in [-0.39, 0.29) is 11.8 Å². The van der Waals surface area contributed by atoms with Gasteiger partial charge in [-0.15, -0.1) is 11.3 Å². The van der Waals surface area contributed by atoms with Crippen molar-refractivity contribution in [2.24, 2.45) is 5.73 Å². The number of anilines is 1. The van der Waals surface area contributed by atoms with E-state index in [9.17, 15) is 8.42 Å². The molecule has 17 heavy (non-hydrogen) atoms. The Morgan fingerprint density at radius 2 is 2.12 bits per heavy atom. The first kappa shape index (κ1) is 14.4. The van der Waals surface area contributed by atoms with Gasteiger partial charge in [-0.1, -0.05) is 0 Å². The van der Waals surface area contributed by atoms with Crippen molar-refractivity contribution < 1.29 is 8.42 Å². The Morgan fingerprint density at radius 3 is 2.53 bits per heavy atom. The zero-order valence-electron chi connectivity index (χ0n) is 10.6. The fourth-order valence-corrected chi connectivity index (χ4v) is 2.99. The first-order chi connectivity index (χ1) is 7.70. The number of nitrogens with zero attached hydrogens (tertiary/aromatic N) is 2. The van der Waals surface area contributed by atoms with Crippen LogP contribution in [0.15, 0.2) is 0 Å². The van der Waals surface area contributed by atoms with Crippen LogP contribution in [0.1, 0.15) is 23.5 Å². The van der Waals surface area contributed by atoms with Crippen LogP contribution in [0.3, 0.4) is 0 Å². The maximum Gasteiger partial charge on any atom is 0.185 e. The highest BCUT2D eigenvalue weighted by Crippen LogP contribution is 2.28. The summed E-state index contributed by atoms with van der Waals surface area (Å²) < 4.78 is 22.2. The molecule has 2 N–H and O–H groups in total. The molecule has 0 amide bonds. The summed E-state index contributed by atoms with van der Waals surface area (Å²) in [7, 11) is -1.09. The topological polar surface area (TPSA) is 76.3 Å². The van der Waals surface area contributed by atoms with Gasteiger partial charge in [0.1, 0.15) is 9.84 Å². The molecule has 0 fully saturated rings. The van der Waals surface area contributed by atoms with Gasteiger partial charge in [-0.25, -0.2) is 13.4 Å². The van der Waals surface area contributed by atoms with E-state index in [1.165, 1.54) is 17.6 Å². The summed E-state index contributed by atoms with van der Waals surface area (Å²) >= 11 is 1.52. The summed E-state index contributed by atoms with van der Waals surface area (Å²) in [6.45, 7) is 4.29. The predicted octanol–water partition coefficient (Wildman–Crippen LogP) is 0.952. The lowest BCUT2D eigenvalue weighted by Gasteiger charge is -2.14. The van der Waals surface area contributed by atoms with Crippen molar-refractivity contribution in [3.63, 3.8) is 0 Å². The van der Waals surface area contributed by atoms with Crippen LogP contribution >= 0.6 is 11.3 Å². The van der Waals surface area contributed by atoms with Gasteiger partial charge in [0.2, 0.25) is 0 Å². The smallest absolute Gasteiger partial charge is 0.185 e. The summed E-state index contributed by atoms with van der Waals surface area (Å²) in [5.41, 5.74) is 6.75. The largest absolute Gasteiger partial charge is 0.350 e. The number of rotatable bonds is 5. The lowest BCUT2D eigenvalue weighted by Crippen LogP contribution is -2.24. The molecule has 0 spiro atoms. The molecule has 1 unspecified atom stereocenters. The van der Waals surface area contributed by atoms with Gasteiger partial charge in [0, 0.05) is 30.8 Å². The van der Waals surface area contributed by atoms with Crippen molar-refractivity contribution >= 4 is 26.3 Å². The summed E-state index contributed by atoms with van der Waals surface area (Å²) in [5.74, 6) is 0.135. The van der Waals surface area contributed by atoms with Crippen LogP contribution in [0.5, 0.6) is 0 Å². The Kier molecular flexibility index (Phi) is 4.51. The second-order valence-electron chi connectivity index (χ2n) is 4.29. The number of hydrogen-bond donors (Lipinski definition) is 1. The average Bonchev–Trinajstić information content (AvgIpc) is 2.55. The fraction of sp³-hybridized carbons (Fsp3) is 0.700. The number of aryl methyl sites for hydroxylation is 1. The maximum atomic E-state index is 11.1. The third-order valence-corrected chi connectivity index (χ3v) is 4.76. The number of thiazole rings is 1. The number of aromatic nitrogens is 1. The maximum absolute atomic E-state index is 11.1. The zero-order valence-corrected chi connectivity index (χ0v) is 12.2. The molecule has 0 saturated heterocycles. The van der Waals surface area contributed by atoms with Crippen LogP contribution in [-0.4, -0.2) is 39.0 Å². The van der Waals surface area contributed by atoms with E-state index in [0.717, 1.165) is 15.7 Å². The van der Waals surface area contributed by atoms with Gasteiger partial charge in [0.05, 0.1) is 11.4 Å². The van der Waals surface area contributed by atoms with Crippen molar-refractivity contribution in [2.45, 2.75) is 19.9 Å². The minimum Gasteiger partial charge on any atom is -0.350 e. The Balaban J connectivity index is 2.76. The molecule has 0 radical (unpaired) electrons. The van der Waals surface area contributed by atoms with E-state index < -0.39 is 9.84 Å². The molecule has 0 aliphatic rings. The molecular formula is C10H19N3O2S2. The van der Waals surface area contributed by atoms with Crippen LogP contribution in [0.25, 0.3) is 0 Å². The molecule has 1 atom stereocenters. The number of nitrogens with two attached hydrogens (primary N) is 1. The highest BCUT2D eigenvalue weighted by molar-refractivity contribution is 7.90. The summed E-state index contributed by atoms with van der Waals surface area (Å²) in [4.78, 5) is 7.30. The highest BCUT2D eigenvalue weighted by atomic mass is 32.2. The second kappa shape index (κ2) is 5.32. The normalized spacial score (nSPS) is 13.7. The molecule has 1 aromatic rings. The third-order valence-electron chi connectivity index (χ3n) is 2.36. The second-order valence-corrected chi connectivity index (χ2v) is 7.56. The molecular weight excluding hydrogens is 258 g/mol. The molecule has 7 heteroatoms. The standard InChI is InChI=1S/C10H19N3O2S2/c1-7(11)9-8(2)12-10(16-9)13(3)5-6-17(4,14)15/h7H,5-6,11H2,1-4H3. The van der Waals surface area contributed by atoms with Crippen LogP contribution in [0.2, 0.25) is 0 Å². The molecule has 0 aliphatic carbocycles. The molecule has 0 aliphatic heterocycles. The Hall–Kier alpha value is -0.660. The third kappa shape index (κ3) is 4.25. The highest BCUT2D eigenvalue weighted by Gasteiger charge is 2.14. The lowest BCUT2D eigenvalue weighted by molar-refractivity contribution is 0.601. The van der Waals surface area contributed by atoms with Gasteiger partial charge >= 0.3 is 0 Å². The number of hydrogen-bond acceptors (Lipinski definition) is 6. The summed E-state index contributed by atoms with van der Waals surface area (Å²) in [6, 6.07) is -0.0374. The first-order valence-electron chi connectivity index (χ1n) is 5.32. The van der Waals surface area contributed by atoms with Gasteiger partial charge < -0.3 is 10.6 Å². The summed E-state index contributed by atoms with van der Waals surface area (Å²) in [6.07, 6.45) is 1.24.